The van der Waals surface area contributed by atoms with Gasteiger partial charge in [0.1, 0.15) is 0 Å². The van der Waals surface area contributed by atoms with Crippen molar-refractivity contribution in [2.45, 2.75) is 77.8 Å². The molecule has 1 aromatic rings. The summed E-state index contributed by atoms with van der Waals surface area (Å²) in [5.74, 6) is 1.68. The maximum Gasteiger partial charge on any atom is 0.252 e. The minimum absolute atomic E-state index is 0. The molecule has 2 aliphatic carbocycles. The molecule has 5 fully saturated rings. The second-order valence-electron chi connectivity index (χ2n) is 10.5. The lowest BCUT2D eigenvalue weighted by Crippen LogP contribution is -2.55. The zero-order valence-electron chi connectivity index (χ0n) is 18.1. The van der Waals surface area contributed by atoms with Gasteiger partial charge in [0.2, 0.25) is 0 Å². The first kappa shape index (κ1) is 23.1. The monoisotopic (exact) mass is 445 g/mol. The number of nitrogens with zero attached hydrogens (tertiary/aromatic N) is 1. The second kappa shape index (κ2) is 9.80. The first-order valence-electron chi connectivity index (χ1n) is 12.1. The van der Waals surface area contributed by atoms with Crippen LogP contribution < -0.4 is 10.6 Å². The highest BCUT2D eigenvalue weighted by atomic mass is 35.5. The molecule has 0 radical (unpaired) electrons. The molecule has 4 bridgehead atoms. The number of carbonyl (C=O) groups excluding carboxylic acids is 1. The van der Waals surface area contributed by atoms with E-state index in [1.165, 1.54) is 70.9 Å². The molecule has 5 aliphatic rings. The maximum absolute atomic E-state index is 13.0. The van der Waals surface area contributed by atoms with E-state index in [1.54, 1.807) is 0 Å². The van der Waals surface area contributed by atoms with Crippen LogP contribution in [0.1, 0.15) is 81.1 Å². The Morgan fingerprint density at radius 2 is 1.87 bits per heavy atom. The lowest BCUT2D eigenvalue weighted by Gasteiger charge is -2.45. The van der Waals surface area contributed by atoms with Crippen LogP contribution in [0.4, 0.5) is 0 Å². The zero-order chi connectivity index (χ0) is 20.6. The molecule has 2 saturated carbocycles. The summed E-state index contributed by atoms with van der Waals surface area (Å²) in [5.41, 5.74) is 2.11. The van der Waals surface area contributed by atoms with E-state index in [9.17, 15) is 4.79 Å². The Balaban J connectivity index is 0.00000231. The fourth-order valence-electron chi connectivity index (χ4n) is 6.74. The molecule has 1 unspecified atom stereocenters. The Morgan fingerprint density at radius 3 is 2.55 bits per heavy atom. The van der Waals surface area contributed by atoms with Gasteiger partial charge in [-0.25, -0.2) is 0 Å². The Morgan fingerprint density at radius 1 is 1.13 bits per heavy atom. The van der Waals surface area contributed by atoms with Crippen LogP contribution in [0.2, 0.25) is 5.02 Å². The van der Waals surface area contributed by atoms with Gasteiger partial charge in [-0.3, -0.25) is 4.79 Å². The standard InChI is InChI=1S/C25H36ClN3O.CH4/c26-22-6-5-19(15-27-23-16-29-11-7-20(23)8-12-29)13-21(22)24(30)28-17-25-9-1-3-18(14-25)4-2-10-25;/h5-6,13,18,20,23,27H,1-4,7-12,14-17H2,(H,28,30);1H4. The summed E-state index contributed by atoms with van der Waals surface area (Å²) < 4.78 is 0. The molecule has 0 spiro atoms. The fourth-order valence-corrected chi connectivity index (χ4v) is 6.94. The van der Waals surface area contributed by atoms with Crippen molar-refractivity contribution in [2.75, 3.05) is 26.2 Å². The highest BCUT2D eigenvalue weighted by Crippen LogP contribution is 2.48. The number of hydrogen-bond acceptors (Lipinski definition) is 3. The summed E-state index contributed by atoms with van der Waals surface area (Å²) in [6.45, 7) is 5.29. The summed E-state index contributed by atoms with van der Waals surface area (Å²) in [7, 11) is 0. The average Bonchev–Trinajstić information content (AvgIpc) is 2.78. The van der Waals surface area contributed by atoms with Gasteiger partial charge in [-0.2, -0.15) is 0 Å². The number of hydrogen-bond donors (Lipinski definition) is 2. The Hall–Kier alpha value is -1.10. The first-order chi connectivity index (χ1) is 14.6. The quantitative estimate of drug-likeness (QED) is 0.628. The lowest BCUT2D eigenvalue weighted by atomic mass is 9.62. The van der Waals surface area contributed by atoms with E-state index in [0.29, 0.717) is 22.0 Å². The molecule has 1 aromatic carbocycles. The SMILES string of the molecule is C.O=C(NCC12CCCC(CCC1)C2)c1cc(CNC2CN3CCC2CC3)ccc1Cl. The van der Waals surface area contributed by atoms with Crippen molar-refractivity contribution < 1.29 is 4.79 Å². The van der Waals surface area contributed by atoms with E-state index >= 15 is 0 Å². The van der Waals surface area contributed by atoms with Crippen molar-refractivity contribution >= 4 is 17.5 Å². The number of amides is 1. The molecular formula is C26H40ClN3O. The van der Waals surface area contributed by atoms with Gasteiger partial charge in [0.25, 0.3) is 5.91 Å². The zero-order valence-corrected chi connectivity index (χ0v) is 18.9. The van der Waals surface area contributed by atoms with E-state index in [2.05, 4.69) is 21.6 Å². The van der Waals surface area contributed by atoms with Crippen LogP contribution in [-0.2, 0) is 6.54 Å². The lowest BCUT2D eigenvalue weighted by molar-refractivity contribution is 0.0681. The molecule has 1 atom stereocenters. The van der Waals surface area contributed by atoms with Crippen molar-refractivity contribution in [3.8, 4) is 0 Å². The second-order valence-corrected chi connectivity index (χ2v) is 10.9. The third kappa shape index (κ3) is 5.12. The van der Waals surface area contributed by atoms with Crippen molar-refractivity contribution in [1.82, 2.24) is 15.5 Å². The van der Waals surface area contributed by atoms with Gasteiger partial charge in [-0.05, 0) is 80.1 Å². The van der Waals surface area contributed by atoms with Crippen LogP contribution in [-0.4, -0.2) is 43.0 Å². The van der Waals surface area contributed by atoms with Gasteiger partial charge in [0.05, 0.1) is 10.6 Å². The van der Waals surface area contributed by atoms with Crippen LogP contribution >= 0.6 is 11.6 Å². The van der Waals surface area contributed by atoms with Gasteiger partial charge in [-0.1, -0.05) is 50.8 Å². The van der Waals surface area contributed by atoms with Gasteiger partial charge < -0.3 is 15.5 Å². The molecule has 4 nitrogen and oxygen atoms in total. The van der Waals surface area contributed by atoms with Crippen LogP contribution in [0.3, 0.4) is 0 Å². The average molecular weight is 446 g/mol. The number of piperidine rings is 3. The maximum atomic E-state index is 13.0. The number of rotatable bonds is 6. The predicted octanol–water partition coefficient (Wildman–Crippen LogP) is 5.25. The van der Waals surface area contributed by atoms with E-state index in [4.69, 9.17) is 11.6 Å². The molecule has 2 N–H and O–H groups in total. The molecular weight excluding hydrogens is 406 g/mol. The van der Waals surface area contributed by atoms with Crippen molar-refractivity contribution in [3.05, 3.63) is 34.3 Å². The van der Waals surface area contributed by atoms with Gasteiger partial charge in [0, 0.05) is 25.7 Å². The predicted molar refractivity (Wildman–Crippen MR) is 129 cm³/mol. The number of fused-ring (bicyclic) bond motifs is 5. The van der Waals surface area contributed by atoms with Crippen molar-refractivity contribution in [1.29, 1.82) is 0 Å². The normalized spacial score (nSPS) is 34.1. The Bertz CT molecular complexity index is 764. The van der Waals surface area contributed by atoms with E-state index < -0.39 is 0 Å². The van der Waals surface area contributed by atoms with Crippen LogP contribution in [0.5, 0.6) is 0 Å². The Labute approximate surface area is 193 Å². The number of halogens is 1. The van der Waals surface area contributed by atoms with E-state index in [0.717, 1.165) is 37.0 Å². The third-order valence-electron chi connectivity index (χ3n) is 8.48. The number of nitrogens with one attached hydrogen (secondary N) is 2. The minimum Gasteiger partial charge on any atom is -0.351 e. The molecule has 0 aromatic heterocycles. The summed E-state index contributed by atoms with van der Waals surface area (Å²) in [4.78, 5) is 15.6. The summed E-state index contributed by atoms with van der Waals surface area (Å²) in [5, 5.41) is 7.57. The highest BCUT2D eigenvalue weighted by molar-refractivity contribution is 6.33. The van der Waals surface area contributed by atoms with Crippen LogP contribution in [0.15, 0.2) is 18.2 Å². The molecule has 3 heterocycles. The van der Waals surface area contributed by atoms with Gasteiger partial charge in [-0.15, -0.1) is 0 Å². The summed E-state index contributed by atoms with van der Waals surface area (Å²) in [6.07, 6.45) is 11.9. The highest BCUT2D eigenvalue weighted by Gasteiger charge is 2.39. The fraction of sp³-hybridized carbons (Fsp3) is 0.731. The topological polar surface area (TPSA) is 44.4 Å². The largest absolute Gasteiger partial charge is 0.351 e. The van der Waals surface area contributed by atoms with Crippen LogP contribution in [0, 0.1) is 17.3 Å². The van der Waals surface area contributed by atoms with Crippen molar-refractivity contribution in [3.63, 3.8) is 0 Å². The molecule has 3 saturated heterocycles. The van der Waals surface area contributed by atoms with Crippen molar-refractivity contribution in [2.24, 2.45) is 17.3 Å². The molecule has 5 heteroatoms. The van der Waals surface area contributed by atoms with E-state index in [1.807, 2.05) is 12.1 Å². The molecule has 31 heavy (non-hydrogen) atoms. The van der Waals surface area contributed by atoms with Gasteiger partial charge >= 0.3 is 0 Å². The summed E-state index contributed by atoms with van der Waals surface area (Å²) >= 11 is 6.43. The molecule has 6 rings (SSSR count). The van der Waals surface area contributed by atoms with Gasteiger partial charge in [0.15, 0.2) is 0 Å². The van der Waals surface area contributed by atoms with Crippen LogP contribution in [0.25, 0.3) is 0 Å². The third-order valence-corrected chi connectivity index (χ3v) is 8.81. The molecule has 172 valence electrons. The number of carbonyl (C=O) groups is 1. The molecule has 1 amide bonds. The van der Waals surface area contributed by atoms with E-state index in [-0.39, 0.29) is 13.3 Å². The first-order valence-corrected chi connectivity index (χ1v) is 12.5. The minimum atomic E-state index is -0.00763. The summed E-state index contributed by atoms with van der Waals surface area (Å²) in [6, 6.07) is 6.51. The number of benzene rings is 1. The Kier molecular flexibility index (Phi) is 7.30. The smallest absolute Gasteiger partial charge is 0.252 e. The molecule has 3 aliphatic heterocycles.